The molecular formula is C12H11F3O2. The van der Waals surface area contributed by atoms with Crippen LogP contribution in [0.4, 0.5) is 13.2 Å². The number of carbonyl (C=O) groups is 1. The van der Waals surface area contributed by atoms with E-state index in [1.165, 1.54) is 18.2 Å². The second kappa shape index (κ2) is 5.52. The van der Waals surface area contributed by atoms with Crippen LogP contribution in [0.25, 0.3) is 0 Å². The molecule has 1 rings (SSSR count). The lowest BCUT2D eigenvalue weighted by Crippen LogP contribution is -2.17. The number of benzene rings is 1. The molecule has 0 heterocycles. The van der Waals surface area contributed by atoms with Gasteiger partial charge < -0.3 is 4.74 Å². The highest BCUT2D eigenvalue weighted by Crippen LogP contribution is 2.23. The van der Waals surface area contributed by atoms with E-state index < -0.39 is 12.1 Å². The number of ketones is 1. The number of alkyl halides is 3. The highest BCUT2D eigenvalue weighted by Gasteiger charge is 2.31. The van der Waals surface area contributed by atoms with Crippen molar-refractivity contribution in [3.05, 3.63) is 42.0 Å². The van der Waals surface area contributed by atoms with Gasteiger partial charge in [-0.15, -0.1) is 13.2 Å². The topological polar surface area (TPSA) is 26.3 Å². The highest BCUT2D eigenvalue weighted by atomic mass is 19.4. The Morgan fingerprint density at radius 2 is 2.12 bits per heavy atom. The Hall–Kier alpha value is -1.78. The van der Waals surface area contributed by atoms with Gasteiger partial charge in [0.05, 0.1) is 0 Å². The number of rotatable bonds is 4. The Balaban J connectivity index is 2.86. The van der Waals surface area contributed by atoms with Gasteiger partial charge in [-0.05, 0) is 24.6 Å². The lowest BCUT2D eigenvalue weighted by molar-refractivity contribution is -0.274. The zero-order chi connectivity index (χ0) is 12.9. The largest absolute Gasteiger partial charge is 0.573 e. The Kier molecular flexibility index (Phi) is 4.31. The van der Waals surface area contributed by atoms with Gasteiger partial charge in [-0.2, -0.15) is 0 Å². The number of allylic oxidation sites excluding steroid dienone is 2. The van der Waals surface area contributed by atoms with Crippen LogP contribution in [0.15, 0.2) is 36.4 Å². The molecule has 0 fully saturated rings. The van der Waals surface area contributed by atoms with E-state index in [-0.39, 0.29) is 11.3 Å². The number of ether oxygens (including phenoxy) is 1. The van der Waals surface area contributed by atoms with E-state index in [1.54, 1.807) is 6.08 Å². The van der Waals surface area contributed by atoms with Gasteiger partial charge in [0.25, 0.3) is 0 Å². The third-order valence-electron chi connectivity index (χ3n) is 1.86. The fraction of sp³-hybridized carbons (Fsp3) is 0.250. The third-order valence-corrected chi connectivity index (χ3v) is 1.86. The van der Waals surface area contributed by atoms with Crippen LogP contribution in [0, 0.1) is 0 Å². The van der Waals surface area contributed by atoms with Crippen LogP contribution >= 0.6 is 0 Å². The van der Waals surface area contributed by atoms with Crippen molar-refractivity contribution in [1.29, 1.82) is 0 Å². The zero-order valence-corrected chi connectivity index (χ0v) is 9.12. The molecule has 0 aliphatic carbocycles. The maximum absolute atomic E-state index is 12.0. The van der Waals surface area contributed by atoms with Gasteiger partial charge >= 0.3 is 6.36 Å². The van der Waals surface area contributed by atoms with Crippen LogP contribution in [0.3, 0.4) is 0 Å². The monoisotopic (exact) mass is 244 g/mol. The van der Waals surface area contributed by atoms with Crippen LogP contribution in [0.5, 0.6) is 5.75 Å². The van der Waals surface area contributed by atoms with Gasteiger partial charge in [-0.25, -0.2) is 0 Å². The van der Waals surface area contributed by atoms with Gasteiger partial charge in [0, 0.05) is 5.56 Å². The first kappa shape index (κ1) is 13.3. The van der Waals surface area contributed by atoms with Crippen molar-refractivity contribution < 1.29 is 22.7 Å². The molecule has 0 aliphatic rings. The van der Waals surface area contributed by atoms with Crippen LogP contribution in [0.2, 0.25) is 0 Å². The van der Waals surface area contributed by atoms with Gasteiger partial charge in [0.15, 0.2) is 5.78 Å². The van der Waals surface area contributed by atoms with Crippen molar-refractivity contribution in [3.63, 3.8) is 0 Å². The normalized spacial score (nSPS) is 11.8. The maximum atomic E-state index is 12.0. The Morgan fingerprint density at radius 3 is 2.71 bits per heavy atom. The molecule has 0 aliphatic heterocycles. The number of hydrogen-bond donors (Lipinski definition) is 0. The summed E-state index contributed by atoms with van der Waals surface area (Å²) in [7, 11) is 0. The third kappa shape index (κ3) is 4.72. The molecule has 0 saturated heterocycles. The van der Waals surface area contributed by atoms with E-state index in [4.69, 9.17) is 0 Å². The molecule has 0 aromatic heterocycles. The highest BCUT2D eigenvalue weighted by molar-refractivity contribution is 6.04. The molecule has 2 nitrogen and oxygen atoms in total. The summed E-state index contributed by atoms with van der Waals surface area (Å²) in [6, 6.07) is 4.99. The lowest BCUT2D eigenvalue weighted by Gasteiger charge is -2.09. The first-order chi connectivity index (χ1) is 7.92. The Morgan fingerprint density at radius 1 is 1.41 bits per heavy atom. The van der Waals surface area contributed by atoms with E-state index >= 15 is 0 Å². The molecule has 0 atom stereocenters. The molecule has 0 radical (unpaired) electrons. The molecule has 17 heavy (non-hydrogen) atoms. The maximum Gasteiger partial charge on any atom is 0.573 e. The average molecular weight is 244 g/mol. The van der Waals surface area contributed by atoms with E-state index in [1.807, 2.05) is 6.92 Å². The average Bonchev–Trinajstić information content (AvgIpc) is 2.24. The molecule has 1 aromatic rings. The summed E-state index contributed by atoms with van der Waals surface area (Å²) < 4.78 is 39.6. The molecule has 0 saturated carbocycles. The quantitative estimate of drug-likeness (QED) is 0.595. The summed E-state index contributed by atoms with van der Waals surface area (Å²) in [5.41, 5.74) is 0.163. The minimum atomic E-state index is -4.75. The number of hydrogen-bond acceptors (Lipinski definition) is 2. The second-order valence-electron chi connectivity index (χ2n) is 3.25. The molecule has 0 unspecified atom stereocenters. The first-order valence-electron chi connectivity index (χ1n) is 4.99. The molecule has 0 bridgehead atoms. The van der Waals surface area contributed by atoms with Crippen molar-refractivity contribution in [3.8, 4) is 5.75 Å². The van der Waals surface area contributed by atoms with Crippen molar-refractivity contribution in [2.75, 3.05) is 0 Å². The SMILES string of the molecule is CC/C=C/C(=O)c1cccc(OC(F)(F)F)c1. The second-order valence-corrected chi connectivity index (χ2v) is 3.25. The molecule has 0 N–H and O–H groups in total. The summed E-state index contributed by atoms with van der Waals surface area (Å²) >= 11 is 0. The van der Waals surface area contributed by atoms with Gasteiger partial charge in [0.1, 0.15) is 5.75 Å². The molecule has 0 amide bonds. The zero-order valence-electron chi connectivity index (χ0n) is 9.12. The number of carbonyl (C=O) groups excluding carboxylic acids is 1. The Bertz CT molecular complexity index is 422. The summed E-state index contributed by atoms with van der Waals surface area (Å²) in [6.07, 6.45) is -1.10. The fourth-order valence-electron chi connectivity index (χ4n) is 1.17. The lowest BCUT2D eigenvalue weighted by atomic mass is 10.1. The van der Waals surface area contributed by atoms with E-state index in [0.29, 0.717) is 6.42 Å². The standard InChI is InChI=1S/C12H11F3O2/c1-2-3-7-11(16)9-5-4-6-10(8-9)17-12(13,14)15/h3-8H,2H2,1H3/b7-3+. The van der Waals surface area contributed by atoms with Crippen molar-refractivity contribution in [2.45, 2.75) is 19.7 Å². The van der Waals surface area contributed by atoms with Gasteiger partial charge in [0.2, 0.25) is 0 Å². The predicted octanol–water partition coefficient (Wildman–Crippen LogP) is 3.73. The Labute approximate surface area is 96.7 Å². The van der Waals surface area contributed by atoms with Gasteiger partial charge in [-0.1, -0.05) is 25.1 Å². The first-order valence-corrected chi connectivity index (χ1v) is 4.99. The summed E-state index contributed by atoms with van der Waals surface area (Å²) in [5.74, 6) is -0.743. The van der Waals surface area contributed by atoms with E-state index in [0.717, 1.165) is 12.1 Å². The van der Waals surface area contributed by atoms with Crippen LogP contribution in [0.1, 0.15) is 23.7 Å². The van der Waals surface area contributed by atoms with Crippen molar-refractivity contribution in [1.82, 2.24) is 0 Å². The molecule has 1 aromatic carbocycles. The smallest absolute Gasteiger partial charge is 0.406 e. The minimum absolute atomic E-state index is 0.163. The van der Waals surface area contributed by atoms with Crippen molar-refractivity contribution in [2.24, 2.45) is 0 Å². The van der Waals surface area contributed by atoms with E-state index in [9.17, 15) is 18.0 Å². The predicted molar refractivity (Wildman–Crippen MR) is 56.9 cm³/mol. The minimum Gasteiger partial charge on any atom is -0.406 e. The van der Waals surface area contributed by atoms with Crippen molar-refractivity contribution >= 4 is 5.78 Å². The van der Waals surface area contributed by atoms with Crippen LogP contribution in [-0.2, 0) is 0 Å². The fourth-order valence-corrected chi connectivity index (χ4v) is 1.17. The van der Waals surface area contributed by atoms with E-state index in [2.05, 4.69) is 4.74 Å². The van der Waals surface area contributed by atoms with Crippen LogP contribution in [-0.4, -0.2) is 12.1 Å². The summed E-state index contributed by atoms with van der Waals surface area (Å²) in [5, 5.41) is 0. The molecule has 5 heteroatoms. The summed E-state index contributed by atoms with van der Waals surface area (Å²) in [4.78, 5) is 11.5. The van der Waals surface area contributed by atoms with Gasteiger partial charge in [-0.3, -0.25) is 4.79 Å². The van der Waals surface area contributed by atoms with Crippen LogP contribution < -0.4 is 4.74 Å². The number of halogens is 3. The molecule has 92 valence electrons. The summed E-state index contributed by atoms with van der Waals surface area (Å²) in [6.45, 7) is 1.85. The molecular weight excluding hydrogens is 233 g/mol. The molecule has 0 spiro atoms.